The first-order chi connectivity index (χ1) is 20.1. The number of halogens is 2. The highest BCUT2D eigenvalue weighted by molar-refractivity contribution is 7.90. The molecule has 6 rings (SSSR count). The number of fused-ring (bicyclic) bond motifs is 1. The van der Waals surface area contributed by atoms with E-state index < -0.39 is 9.84 Å². The molecule has 0 bridgehead atoms. The first-order valence-corrected chi connectivity index (χ1v) is 17.0. The SMILES string of the molecule is Cc1[nH]c(C=C2C(=O)Nc3ccc(S(=O)(=O)Cc4c(Cl)cccc4Cl)cc32)c(C)c1CN1CCC(N2CCCC2)CC1. The molecule has 2 N–H and O–H groups in total. The van der Waals surface area contributed by atoms with E-state index in [0.717, 1.165) is 36.6 Å². The number of piperidine rings is 1. The number of rotatable bonds is 7. The standard InChI is InChI=1S/C32H36Cl2N4O3S/c1-20-26(18-37-14-10-22(11-15-37)38-12-3-4-13-38)21(2)35-31(20)17-25-24-16-23(8-9-30(24)36-32(25)39)42(40,41)19-27-28(33)6-5-7-29(27)34/h5-9,16-17,22,35H,3-4,10-15,18-19H2,1-2H3,(H,36,39). The van der Waals surface area contributed by atoms with Gasteiger partial charge in [0.2, 0.25) is 0 Å². The third-order valence-corrected chi connectivity index (χ3v) is 11.4. The predicted molar refractivity (Wildman–Crippen MR) is 170 cm³/mol. The highest BCUT2D eigenvalue weighted by atomic mass is 35.5. The van der Waals surface area contributed by atoms with Gasteiger partial charge in [-0.25, -0.2) is 8.42 Å². The van der Waals surface area contributed by atoms with E-state index in [4.69, 9.17) is 23.2 Å². The Hall–Kier alpha value is -2.62. The van der Waals surface area contributed by atoms with Crippen LogP contribution < -0.4 is 5.32 Å². The van der Waals surface area contributed by atoms with Crippen molar-refractivity contribution in [3.05, 3.63) is 80.1 Å². The van der Waals surface area contributed by atoms with Crippen LogP contribution in [0.15, 0.2) is 41.3 Å². The van der Waals surface area contributed by atoms with Gasteiger partial charge in [0.25, 0.3) is 5.91 Å². The van der Waals surface area contributed by atoms with Crippen molar-refractivity contribution in [3.8, 4) is 0 Å². The van der Waals surface area contributed by atoms with Gasteiger partial charge in [-0.3, -0.25) is 9.69 Å². The number of anilines is 1. The van der Waals surface area contributed by atoms with Crippen LogP contribution in [0.25, 0.3) is 11.6 Å². The Labute approximate surface area is 257 Å². The molecule has 0 spiro atoms. The second-order valence-corrected chi connectivity index (χ2v) is 14.5. The number of benzene rings is 2. The third-order valence-electron chi connectivity index (χ3n) is 9.05. The number of amides is 1. The van der Waals surface area contributed by atoms with Crippen LogP contribution in [-0.4, -0.2) is 61.3 Å². The van der Waals surface area contributed by atoms with E-state index in [9.17, 15) is 13.2 Å². The van der Waals surface area contributed by atoms with Crippen molar-refractivity contribution < 1.29 is 13.2 Å². The Bertz CT molecular complexity index is 1650. The molecule has 7 nitrogen and oxygen atoms in total. The van der Waals surface area contributed by atoms with Crippen LogP contribution in [0.5, 0.6) is 0 Å². The number of aromatic nitrogens is 1. The van der Waals surface area contributed by atoms with Gasteiger partial charge in [-0.15, -0.1) is 0 Å². The summed E-state index contributed by atoms with van der Waals surface area (Å²) in [6.45, 7) is 9.72. The minimum atomic E-state index is -3.78. The maximum atomic E-state index is 13.4. The van der Waals surface area contributed by atoms with Crippen molar-refractivity contribution in [2.75, 3.05) is 31.5 Å². The van der Waals surface area contributed by atoms with Crippen molar-refractivity contribution in [1.29, 1.82) is 0 Å². The average molecular weight is 628 g/mol. The van der Waals surface area contributed by atoms with Crippen molar-refractivity contribution in [2.24, 2.45) is 0 Å². The van der Waals surface area contributed by atoms with Gasteiger partial charge in [-0.05, 0) is 113 Å². The van der Waals surface area contributed by atoms with Gasteiger partial charge in [-0.2, -0.15) is 0 Å². The van der Waals surface area contributed by atoms with Crippen LogP contribution in [0.4, 0.5) is 5.69 Å². The lowest BCUT2D eigenvalue weighted by molar-refractivity contribution is -0.110. The zero-order valence-corrected chi connectivity index (χ0v) is 26.3. The van der Waals surface area contributed by atoms with Crippen LogP contribution in [0, 0.1) is 13.8 Å². The number of carbonyl (C=O) groups is 1. The normalized spacial score (nSPS) is 19.5. The molecule has 0 saturated carbocycles. The number of nitrogens with zero attached hydrogens (tertiary/aromatic N) is 2. The third kappa shape index (κ3) is 5.80. The Balaban J connectivity index is 1.23. The molecule has 2 saturated heterocycles. The highest BCUT2D eigenvalue weighted by Gasteiger charge is 2.30. The van der Waals surface area contributed by atoms with Crippen LogP contribution in [-0.2, 0) is 26.9 Å². The van der Waals surface area contributed by atoms with Crippen molar-refractivity contribution in [2.45, 2.75) is 62.8 Å². The molecule has 1 aromatic heterocycles. The second kappa shape index (κ2) is 11.8. The first-order valence-electron chi connectivity index (χ1n) is 14.6. The van der Waals surface area contributed by atoms with Gasteiger partial charge < -0.3 is 15.2 Å². The molecule has 2 fully saturated rings. The van der Waals surface area contributed by atoms with Crippen molar-refractivity contribution in [3.63, 3.8) is 0 Å². The Kier molecular flexibility index (Phi) is 8.28. The van der Waals surface area contributed by atoms with Crippen LogP contribution in [0.2, 0.25) is 10.0 Å². The molecular weight excluding hydrogens is 591 g/mol. The molecule has 3 aromatic rings. The molecule has 2 aromatic carbocycles. The Morgan fingerprint density at radius 1 is 0.976 bits per heavy atom. The molecular formula is C32H36Cl2N4O3S. The van der Waals surface area contributed by atoms with Gasteiger partial charge in [0.1, 0.15) is 0 Å². The maximum Gasteiger partial charge on any atom is 0.256 e. The van der Waals surface area contributed by atoms with Crippen LogP contribution in [0.3, 0.4) is 0 Å². The molecule has 3 aliphatic rings. The van der Waals surface area contributed by atoms with Crippen molar-refractivity contribution in [1.82, 2.24) is 14.8 Å². The fourth-order valence-corrected chi connectivity index (χ4v) is 8.68. The minimum Gasteiger partial charge on any atom is -0.359 e. The largest absolute Gasteiger partial charge is 0.359 e. The van der Waals surface area contributed by atoms with Gasteiger partial charge in [0.15, 0.2) is 9.84 Å². The van der Waals surface area contributed by atoms with E-state index in [-0.39, 0.29) is 16.6 Å². The molecule has 10 heteroatoms. The fourth-order valence-electron chi connectivity index (χ4n) is 6.56. The summed E-state index contributed by atoms with van der Waals surface area (Å²) in [5.74, 6) is -0.593. The van der Waals surface area contributed by atoms with Gasteiger partial charge >= 0.3 is 0 Å². The lowest BCUT2D eigenvalue weighted by Gasteiger charge is -2.36. The summed E-state index contributed by atoms with van der Waals surface area (Å²) >= 11 is 12.5. The Morgan fingerprint density at radius 2 is 1.67 bits per heavy atom. The molecule has 4 heterocycles. The van der Waals surface area contributed by atoms with Crippen LogP contribution in [0.1, 0.15) is 59.3 Å². The number of likely N-dealkylation sites (tertiary alicyclic amines) is 2. The topological polar surface area (TPSA) is 85.5 Å². The number of aryl methyl sites for hydroxylation is 1. The lowest BCUT2D eigenvalue weighted by Crippen LogP contribution is -2.43. The quantitative estimate of drug-likeness (QED) is 0.294. The van der Waals surface area contributed by atoms with Gasteiger partial charge in [0.05, 0.1) is 16.2 Å². The molecule has 0 atom stereocenters. The second-order valence-electron chi connectivity index (χ2n) is 11.7. The summed E-state index contributed by atoms with van der Waals surface area (Å²) in [5.41, 5.74) is 6.26. The number of hydrogen-bond acceptors (Lipinski definition) is 5. The molecule has 1 amide bonds. The zero-order valence-electron chi connectivity index (χ0n) is 24.0. The summed E-state index contributed by atoms with van der Waals surface area (Å²) in [5, 5.41) is 3.48. The summed E-state index contributed by atoms with van der Waals surface area (Å²) < 4.78 is 26.8. The number of aromatic amines is 1. The zero-order chi connectivity index (χ0) is 29.6. The predicted octanol–water partition coefficient (Wildman–Crippen LogP) is 6.47. The van der Waals surface area contributed by atoms with E-state index in [1.54, 1.807) is 30.3 Å². The first kappa shape index (κ1) is 29.5. The lowest BCUT2D eigenvalue weighted by atomic mass is 10.0. The van der Waals surface area contributed by atoms with Crippen molar-refractivity contribution >= 4 is 56.3 Å². The molecule has 0 aliphatic carbocycles. The Morgan fingerprint density at radius 3 is 2.36 bits per heavy atom. The van der Waals surface area contributed by atoms with Gasteiger partial charge in [-0.1, -0.05) is 29.3 Å². The van der Waals surface area contributed by atoms with E-state index >= 15 is 0 Å². The molecule has 222 valence electrons. The number of sulfone groups is 1. The molecule has 42 heavy (non-hydrogen) atoms. The molecule has 0 radical (unpaired) electrons. The molecule has 0 unspecified atom stereocenters. The van der Waals surface area contributed by atoms with E-state index in [2.05, 4.69) is 33.9 Å². The van der Waals surface area contributed by atoms with Gasteiger partial charge in [0, 0.05) is 50.8 Å². The monoisotopic (exact) mass is 626 g/mol. The summed E-state index contributed by atoms with van der Waals surface area (Å²) in [6.07, 6.45) is 6.93. The number of nitrogens with one attached hydrogen (secondary N) is 2. The van der Waals surface area contributed by atoms with E-state index in [0.29, 0.717) is 38.5 Å². The average Bonchev–Trinajstić information content (AvgIpc) is 3.67. The fraction of sp³-hybridized carbons (Fsp3) is 0.406. The number of carbonyl (C=O) groups excluding carboxylic acids is 1. The summed E-state index contributed by atoms with van der Waals surface area (Å²) in [7, 11) is -3.78. The smallest absolute Gasteiger partial charge is 0.256 e. The number of hydrogen-bond donors (Lipinski definition) is 2. The summed E-state index contributed by atoms with van der Waals surface area (Å²) in [4.78, 5) is 21.8. The van der Waals surface area contributed by atoms with Crippen LogP contribution >= 0.6 is 23.2 Å². The van der Waals surface area contributed by atoms with E-state index in [1.807, 2.05) is 6.08 Å². The maximum absolute atomic E-state index is 13.4. The highest BCUT2D eigenvalue weighted by Crippen LogP contribution is 2.37. The van der Waals surface area contributed by atoms with E-state index in [1.165, 1.54) is 50.4 Å². The summed E-state index contributed by atoms with van der Waals surface area (Å²) in [6, 6.07) is 10.4. The number of H-pyrrole nitrogens is 1. The minimum absolute atomic E-state index is 0.108. The molecule has 3 aliphatic heterocycles.